The summed E-state index contributed by atoms with van der Waals surface area (Å²) in [5, 5.41) is 0. The van der Waals surface area contributed by atoms with Crippen molar-refractivity contribution in [3.05, 3.63) is 17.8 Å². The maximum absolute atomic E-state index is 11.0. The van der Waals surface area contributed by atoms with Gasteiger partial charge in [-0.3, -0.25) is 4.79 Å². The number of pyridine rings is 1. The fourth-order valence-electron chi connectivity index (χ4n) is 1.39. The minimum Gasteiger partial charge on any atom is -0.397 e. The molecule has 2 rings (SSSR count). The largest absolute Gasteiger partial charge is 0.397 e. The number of carbonyl (C=O) groups is 1. The molecule has 0 atom stereocenters. The van der Waals surface area contributed by atoms with Crippen LogP contribution in [-0.2, 0) is 0 Å². The van der Waals surface area contributed by atoms with Gasteiger partial charge < -0.3 is 16.4 Å². The van der Waals surface area contributed by atoms with Crippen molar-refractivity contribution in [1.29, 1.82) is 0 Å². The zero-order chi connectivity index (χ0) is 10.1. The fraction of sp³-hybridized carbons (Fsp3) is 0.333. The van der Waals surface area contributed by atoms with Gasteiger partial charge in [0, 0.05) is 13.1 Å². The summed E-state index contributed by atoms with van der Waals surface area (Å²) in [6.45, 7) is 1.96. The molecule has 1 aliphatic heterocycles. The molecule has 0 unspecified atom stereocenters. The SMILES string of the molecule is NC(=O)c1cc(N2CCC2)ncc1N. The minimum atomic E-state index is -0.508. The molecule has 1 fully saturated rings. The average Bonchev–Trinajstić information content (AvgIpc) is 2.04. The van der Waals surface area contributed by atoms with Crippen molar-refractivity contribution in [2.75, 3.05) is 23.7 Å². The van der Waals surface area contributed by atoms with Crippen molar-refractivity contribution in [2.45, 2.75) is 6.42 Å². The minimum absolute atomic E-state index is 0.335. The number of hydrogen-bond donors (Lipinski definition) is 2. The first-order chi connectivity index (χ1) is 6.68. The van der Waals surface area contributed by atoms with Gasteiger partial charge in [-0.25, -0.2) is 4.98 Å². The number of aromatic nitrogens is 1. The van der Waals surface area contributed by atoms with Crippen molar-refractivity contribution in [3.8, 4) is 0 Å². The summed E-state index contributed by atoms with van der Waals surface area (Å²) in [5.74, 6) is 0.269. The third-order valence-corrected chi connectivity index (χ3v) is 2.37. The smallest absolute Gasteiger partial charge is 0.250 e. The summed E-state index contributed by atoms with van der Waals surface area (Å²) < 4.78 is 0. The summed E-state index contributed by atoms with van der Waals surface area (Å²) in [5.41, 5.74) is 11.4. The molecule has 5 nitrogen and oxygen atoms in total. The molecule has 1 aliphatic rings. The van der Waals surface area contributed by atoms with Crippen molar-refractivity contribution < 1.29 is 4.79 Å². The number of nitrogen functional groups attached to an aromatic ring is 1. The van der Waals surface area contributed by atoms with Crippen LogP contribution in [0.1, 0.15) is 16.8 Å². The Morgan fingerprint density at radius 1 is 1.50 bits per heavy atom. The zero-order valence-electron chi connectivity index (χ0n) is 7.73. The second-order valence-corrected chi connectivity index (χ2v) is 3.33. The van der Waals surface area contributed by atoms with Gasteiger partial charge in [-0.1, -0.05) is 0 Å². The Morgan fingerprint density at radius 2 is 2.21 bits per heavy atom. The topological polar surface area (TPSA) is 85.2 Å². The predicted octanol–water partition coefficient (Wildman–Crippen LogP) is -0.0272. The molecule has 1 aromatic rings. The van der Waals surface area contributed by atoms with E-state index >= 15 is 0 Å². The van der Waals surface area contributed by atoms with Crippen molar-refractivity contribution in [1.82, 2.24) is 4.98 Å². The molecule has 0 aliphatic carbocycles. The van der Waals surface area contributed by atoms with Crippen LogP contribution in [0, 0.1) is 0 Å². The van der Waals surface area contributed by atoms with E-state index in [1.165, 1.54) is 6.20 Å². The molecule has 1 aromatic heterocycles. The van der Waals surface area contributed by atoms with E-state index in [4.69, 9.17) is 11.5 Å². The standard InChI is InChI=1S/C9H12N4O/c10-7-5-12-8(13-2-1-3-13)4-6(7)9(11)14/h4-5H,1-3,10H2,(H2,11,14). The van der Waals surface area contributed by atoms with Gasteiger partial charge in [0.25, 0.3) is 5.91 Å². The molecular weight excluding hydrogens is 180 g/mol. The molecule has 0 bridgehead atoms. The number of rotatable bonds is 2. The van der Waals surface area contributed by atoms with Crippen LogP contribution in [0.25, 0.3) is 0 Å². The molecule has 0 radical (unpaired) electrons. The Balaban J connectivity index is 2.34. The monoisotopic (exact) mass is 192 g/mol. The number of hydrogen-bond acceptors (Lipinski definition) is 4. The normalized spacial score (nSPS) is 15.0. The highest BCUT2D eigenvalue weighted by Gasteiger charge is 2.17. The Morgan fingerprint density at radius 3 is 2.71 bits per heavy atom. The highest BCUT2D eigenvalue weighted by Crippen LogP contribution is 2.21. The van der Waals surface area contributed by atoms with E-state index in [0.717, 1.165) is 25.3 Å². The van der Waals surface area contributed by atoms with Crippen LogP contribution in [0.4, 0.5) is 11.5 Å². The fourth-order valence-corrected chi connectivity index (χ4v) is 1.39. The number of amides is 1. The van der Waals surface area contributed by atoms with Gasteiger partial charge in [0.2, 0.25) is 0 Å². The average molecular weight is 192 g/mol. The maximum Gasteiger partial charge on any atom is 0.250 e. The maximum atomic E-state index is 11.0. The van der Waals surface area contributed by atoms with Crippen LogP contribution in [0.5, 0.6) is 0 Å². The summed E-state index contributed by atoms with van der Waals surface area (Å²) in [7, 11) is 0. The molecule has 14 heavy (non-hydrogen) atoms. The molecule has 5 heteroatoms. The Kier molecular flexibility index (Phi) is 1.99. The Labute approximate surface area is 81.7 Å². The van der Waals surface area contributed by atoms with Gasteiger partial charge >= 0.3 is 0 Å². The Bertz CT molecular complexity index is 373. The lowest BCUT2D eigenvalue weighted by atomic mass is 10.1. The van der Waals surface area contributed by atoms with Crippen molar-refractivity contribution in [2.24, 2.45) is 5.73 Å². The predicted molar refractivity (Wildman–Crippen MR) is 54.0 cm³/mol. The summed E-state index contributed by atoms with van der Waals surface area (Å²) in [6, 6.07) is 1.65. The highest BCUT2D eigenvalue weighted by atomic mass is 16.1. The van der Waals surface area contributed by atoms with Gasteiger partial charge in [-0.15, -0.1) is 0 Å². The van der Waals surface area contributed by atoms with Gasteiger partial charge in [0.1, 0.15) is 5.82 Å². The van der Waals surface area contributed by atoms with Gasteiger partial charge in [0.05, 0.1) is 17.4 Å². The molecule has 1 amide bonds. The summed E-state index contributed by atoms with van der Waals surface area (Å²) in [4.78, 5) is 17.2. The van der Waals surface area contributed by atoms with Crippen LogP contribution in [0.2, 0.25) is 0 Å². The first-order valence-corrected chi connectivity index (χ1v) is 4.49. The first-order valence-electron chi connectivity index (χ1n) is 4.49. The van der Waals surface area contributed by atoms with Crippen molar-refractivity contribution >= 4 is 17.4 Å². The van der Waals surface area contributed by atoms with Crippen molar-refractivity contribution in [3.63, 3.8) is 0 Å². The third kappa shape index (κ3) is 1.37. The van der Waals surface area contributed by atoms with E-state index in [1.807, 2.05) is 0 Å². The second-order valence-electron chi connectivity index (χ2n) is 3.33. The molecule has 2 heterocycles. The number of nitrogens with two attached hydrogens (primary N) is 2. The third-order valence-electron chi connectivity index (χ3n) is 2.37. The van der Waals surface area contributed by atoms with Gasteiger partial charge in [0.15, 0.2) is 0 Å². The van der Waals surface area contributed by atoms with Crippen LogP contribution in [0.3, 0.4) is 0 Å². The lowest BCUT2D eigenvalue weighted by Crippen LogP contribution is -2.37. The van der Waals surface area contributed by atoms with E-state index in [-0.39, 0.29) is 0 Å². The van der Waals surface area contributed by atoms with Crippen LogP contribution in [0.15, 0.2) is 12.3 Å². The molecule has 0 spiro atoms. The van der Waals surface area contributed by atoms with E-state index in [9.17, 15) is 4.79 Å². The van der Waals surface area contributed by atoms with Crippen LogP contribution in [-0.4, -0.2) is 24.0 Å². The number of nitrogens with zero attached hydrogens (tertiary/aromatic N) is 2. The first kappa shape index (κ1) is 8.80. The lowest BCUT2D eigenvalue weighted by molar-refractivity contribution is 0.100. The molecular formula is C9H12N4O. The van der Waals surface area contributed by atoms with E-state index in [2.05, 4.69) is 9.88 Å². The van der Waals surface area contributed by atoms with E-state index in [1.54, 1.807) is 6.07 Å². The van der Waals surface area contributed by atoms with Gasteiger partial charge in [-0.05, 0) is 12.5 Å². The van der Waals surface area contributed by atoms with Gasteiger partial charge in [-0.2, -0.15) is 0 Å². The summed E-state index contributed by atoms with van der Waals surface area (Å²) >= 11 is 0. The molecule has 1 saturated heterocycles. The molecule has 0 saturated carbocycles. The molecule has 0 aromatic carbocycles. The molecule has 4 N–H and O–H groups in total. The quantitative estimate of drug-likeness (QED) is 0.689. The number of anilines is 2. The van der Waals surface area contributed by atoms with E-state index < -0.39 is 5.91 Å². The Hall–Kier alpha value is -1.78. The van der Waals surface area contributed by atoms with Crippen LogP contribution < -0.4 is 16.4 Å². The van der Waals surface area contributed by atoms with Crippen LogP contribution >= 0.6 is 0 Å². The summed E-state index contributed by atoms with van der Waals surface area (Å²) in [6.07, 6.45) is 2.64. The second kappa shape index (κ2) is 3.17. The lowest BCUT2D eigenvalue weighted by Gasteiger charge is -2.32. The number of primary amides is 1. The number of carbonyl (C=O) groups excluding carboxylic acids is 1. The van der Waals surface area contributed by atoms with E-state index in [0.29, 0.717) is 11.3 Å². The molecule has 74 valence electrons. The zero-order valence-corrected chi connectivity index (χ0v) is 7.73. The highest BCUT2D eigenvalue weighted by molar-refractivity contribution is 5.98.